The highest BCUT2D eigenvalue weighted by Gasteiger charge is 2.40. The van der Waals surface area contributed by atoms with Gasteiger partial charge in [0.1, 0.15) is 11.7 Å². The SMILES string of the molecule is COc1ccc(S(=O)(=O)N2CC(C(=O)O)c3ccccc32)c(C)c1C. The standard InChI is InChI=1S/C18H19NO5S/c1-11-12(2)17(9-8-16(11)24-3)25(22,23)19-10-14(18(20)21)13-6-4-5-7-15(13)19/h4-9,14H,10H2,1-3H3,(H,20,21). The number of sulfonamides is 1. The van der Waals surface area contributed by atoms with E-state index in [2.05, 4.69) is 0 Å². The number of nitrogens with zero attached hydrogens (tertiary/aromatic N) is 1. The highest BCUT2D eigenvalue weighted by atomic mass is 32.2. The third-order valence-electron chi connectivity index (χ3n) is 4.70. The van der Waals surface area contributed by atoms with Crippen LogP contribution in [0, 0.1) is 13.8 Å². The quantitative estimate of drug-likeness (QED) is 0.905. The van der Waals surface area contributed by atoms with Crippen molar-refractivity contribution < 1.29 is 23.1 Å². The number of para-hydroxylation sites is 1. The van der Waals surface area contributed by atoms with Crippen molar-refractivity contribution in [2.75, 3.05) is 18.0 Å². The van der Waals surface area contributed by atoms with E-state index < -0.39 is 21.9 Å². The molecule has 132 valence electrons. The van der Waals surface area contributed by atoms with Gasteiger partial charge in [-0.05, 0) is 48.7 Å². The van der Waals surface area contributed by atoms with Gasteiger partial charge in [0, 0.05) is 0 Å². The molecule has 1 unspecified atom stereocenters. The minimum atomic E-state index is -3.88. The molecule has 1 atom stereocenters. The molecule has 0 aliphatic carbocycles. The highest BCUT2D eigenvalue weighted by molar-refractivity contribution is 7.93. The minimum absolute atomic E-state index is 0.110. The van der Waals surface area contributed by atoms with Crippen LogP contribution in [-0.2, 0) is 14.8 Å². The van der Waals surface area contributed by atoms with Crippen LogP contribution in [0.2, 0.25) is 0 Å². The summed E-state index contributed by atoms with van der Waals surface area (Å²) in [6.07, 6.45) is 0. The first-order valence-electron chi connectivity index (χ1n) is 7.77. The van der Waals surface area contributed by atoms with Gasteiger partial charge in [-0.2, -0.15) is 0 Å². The average Bonchev–Trinajstić information content (AvgIpc) is 2.97. The summed E-state index contributed by atoms with van der Waals surface area (Å²) >= 11 is 0. The molecule has 7 heteroatoms. The highest BCUT2D eigenvalue weighted by Crippen LogP contribution is 2.40. The van der Waals surface area contributed by atoms with Crippen molar-refractivity contribution >= 4 is 21.7 Å². The number of anilines is 1. The number of ether oxygens (including phenoxy) is 1. The van der Waals surface area contributed by atoms with Crippen molar-refractivity contribution in [3.8, 4) is 5.75 Å². The smallest absolute Gasteiger partial charge is 0.312 e. The maximum absolute atomic E-state index is 13.2. The zero-order chi connectivity index (χ0) is 18.4. The predicted molar refractivity (Wildman–Crippen MR) is 93.8 cm³/mol. The first-order valence-corrected chi connectivity index (χ1v) is 9.21. The summed E-state index contributed by atoms with van der Waals surface area (Å²) < 4.78 is 32.9. The van der Waals surface area contributed by atoms with Gasteiger partial charge in [-0.15, -0.1) is 0 Å². The molecular weight excluding hydrogens is 342 g/mol. The number of hydrogen-bond acceptors (Lipinski definition) is 4. The molecule has 1 N–H and O–H groups in total. The maximum Gasteiger partial charge on any atom is 0.312 e. The van der Waals surface area contributed by atoms with Gasteiger partial charge >= 0.3 is 5.97 Å². The van der Waals surface area contributed by atoms with Gasteiger partial charge in [-0.1, -0.05) is 18.2 Å². The van der Waals surface area contributed by atoms with Crippen LogP contribution in [0.25, 0.3) is 0 Å². The molecule has 1 aliphatic heterocycles. The number of rotatable bonds is 4. The van der Waals surface area contributed by atoms with Crippen molar-refractivity contribution in [2.45, 2.75) is 24.7 Å². The third kappa shape index (κ3) is 2.64. The number of carboxylic acid groups (broad SMARTS) is 1. The largest absolute Gasteiger partial charge is 0.496 e. The molecule has 0 bridgehead atoms. The fourth-order valence-electron chi connectivity index (χ4n) is 3.20. The topological polar surface area (TPSA) is 83.9 Å². The van der Waals surface area contributed by atoms with E-state index in [1.54, 1.807) is 44.2 Å². The Kier molecular flexibility index (Phi) is 4.20. The molecule has 0 amide bonds. The van der Waals surface area contributed by atoms with E-state index in [1.807, 2.05) is 0 Å². The second-order valence-electron chi connectivity index (χ2n) is 6.00. The molecule has 2 aromatic carbocycles. The summed E-state index contributed by atoms with van der Waals surface area (Å²) in [4.78, 5) is 11.7. The Balaban J connectivity index is 2.14. The molecule has 6 nitrogen and oxygen atoms in total. The zero-order valence-corrected chi connectivity index (χ0v) is 15.0. The molecule has 25 heavy (non-hydrogen) atoms. The van der Waals surface area contributed by atoms with Crippen LogP contribution in [0.5, 0.6) is 5.75 Å². The van der Waals surface area contributed by atoms with E-state index in [0.29, 0.717) is 22.6 Å². The minimum Gasteiger partial charge on any atom is -0.496 e. The third-order valence-corrected chi connectivity index (χ3v) is 6.63. The Morgan fingerprint density at radius 1 is 1.16 bits per heavy atom. The van der Waals surface area contributed by atoms with Gasteiger partial charge in [0.25, 0.3) is 10.0 Å². The van der Waals surface area contributed by atoms with Crippen molar-refractivity contribution in [2.24, 2.45) is 0 Å². The average molecular weight is 361 g/mol. The Morgan fingerprint density at radius 2 is 1.84 bits per heavy atom. The number of hydrogen-bond donors (Lipinski definition) is 1. The van der Waals surface area contributed by atoms with E-state index in [0.717, 1.165) is 5.56 Å². The molecular formula is C18H19NO5S. The van der Waals surface area contributed by atoms with Crippen molar-refractivity contribution in [3.63, 3.8) is 0 Å². The molecule has 0 spiro atoms. The maximum atomic E-state index is 13.2. The van der Waals surface area contributed by atoms with Gasteiger partial charge in [0.15, 0.2) is 0 Å². The molecule has 0 aromatic heterocycles. The Morgan fingerprint density at radius 3 is 2.48 bits per heavy atom. The van der Waals surface area contributed by atoms with Crippen LogP contribution in [-0.4, -0.2) is 33.1 Å². The molecule has 1 aliphatic rings. The lowest BCUT2D eigenvalue weighted by Crippen LogP contribution is -2.32. The molecule has 2 aromatic rings. The zero-order valence-electron chi connectivity index (χ0n) is 14.2. The van der Waals surface area contributed by atoms with Crippen LogP contribution in [0.1, 0.15) is 22.6 Å². The fourth-order valence-corrected chi connectivity index (χ4v) is 4.99. The summed E-state index contributed by atoms with van der Waals surface area (Å²) in [5.74, 6) is -1.29. The number of aliphatic carboxylic acids is 1. The number of carboxylic acids is 1. The Labute approximate surface area is 146 Å². The van der Waals surface area contributed by atoms with Crippen molar-refractivity contribution in [3.05, 3.63) is 53.1 Å². The van der Waals surface area contributed by atoms with E-state index in [1.165, 1.54) is 17.5 Å². The first-order chi connectivity index (χ1) is 11.8. The fraction of sp³-hybridized carbons (Fsp3) is 0.278. The normalized spacial score (nSPS) is 16.6. The summed E-state index contributed by atoms with van der Waals surface area (Å²) in [6, 6.07) is 9.85. The molecule has 1 heterocycles. The molecule has 0 saturated carbocycles. The summed E-state index contributed by atoms with van der Waals surface area (Å²) in [6.45, 7) is 3.41. The van der Waals surface area contributed by atoms with E-state index in [9.17, 15) is 18.3 Å². The Bertz CT molecular complexity index is 952. The number of carbonyl (C=O) groups is 1. The lowest BCUT2D eigenvalue weighted by molar-refractivity contribution is -0.138. The second-order valence-corrected chi connectivity index (χ2v) is 7.83. The van der Waals surface area contributed by atoms with Gasteiger partial charge in [0.2, 0.25) is 0 Å². The van der Waals surface area contributed by atoms with Crippen LogP contribution < -0.4 is 9.04 Å². The summed E-state index contributed by atoms with van der Waals surface area (Å²) in [5, 5.41) is 9.44. The van der Waals surface area contributed by atoms with E-state index >= 15 is 0 Å². The van der Waals surface area contributed by atoms with Crippen LogP contribution >= 0.6 is 0 Å². The van der Waals surface area contributed by atoms with Crippen molar-refractivity contribution in [1.29, 1.82) is 0 Å². The number of methoxy groups -OCH3 is 1. The lowest BCUT2D eigenvalue weighted by atomic mass is 10.0. The van der Waals surface area contributed by atoms with Crippen LogP contribution in [0.15, 0.2) is 41.3 Å². The summed E-state index contributed by atoms with van der Waals surface area (Å²) in [7, 11) is -2.35. The second kappa shape index (κ2) is 6.07. The van der Waals surface area contributed by atoms with Crippen LogP contribution in [0.3, 0.4) is 0 Å². The Hall–Kier alpha value is -2.54. The number of fused-ring (bicyclic) bond motifs is 1. The van der Waals surface area contributed by atoms with Gasteiger partial charge in [0.05, 0.1) is 24.2 Å². The van der Waals surface area contributed by atoms with Gasteiger partial charge in [-0.25, -0.2) is 8.42 Å². The van der Waals surface area contributed by atoms with E-state index in [-0.39, 0.29) is 11.4 Å². The monoisotopic (exact) mass is 361 g/mol. The number of benzene rings is 2. The summed E-state index contributed by atoms with van der Waals surface area (Å²) in [5.41, 5.74) is 2.27. The lowest BCUT2D eigenvalue weighted by Gasteiger charge is -2.22. The van der Waals surface area contributed by atoms with Crippen LogP contribution in [0.4, 0.5) is 5.69 Å². The molecule has 3 rings (SSSR count). The van der Waals surface area contributed by atoms with Gasteiger partial charge < -0.3 is 9.84 Å². The van der Waals surface area contributed by atoms with Crippen molar-refractivity contribution in [1.82, 2.24) is 0 Å². The molecule has 0 fully saturated rings. The predicted octanol–water partition coefficient (Wildman–Crippen LogP) is 2.69. The molecule has 0 saturated heterocycles. The molecule has 0 radical (unpaired) electrons. The van der Waals surface area contributed by atoms with Gasteiger partial charge in [-0.3, -0.25) is 9.10 Å². The van der Waals surface area contributed by atoms with E-state index in [4.69, 9.17) is 4.74 Å². The first kappa shape index (κ1) is 17.3.